The molecule has 19 heavy (non-hydrogen) atoms. The van der Waals surface area contributed by atoms with Crippen LogP contribution in [0.4, 0.5) is 0 Å². The fraction of sp³-hybridized carbons (Fsp3) is 0.500. The van der Waals surface area contributed by atoms with Crippen LogP contribution in [0.15, 0.2) is 36.9 Å². The average Bonchev–Trinajstić information content (AvgIpc) is 2.40. The van der Waals surface area contributed by atoms with Gasteiger partial charge in [0.25, 0.3) is 0 Å². The van der Waals surface area contributed by atoms with Gasteiger partial charge in [0.1, 0.15) is 12.4 Å². The fourth-order valence-corrected chi connectivity index (χ4v) is 3.33. The third-order valence-electron chi connectivity index (χ3n) is 3.79. The molecule has 2 nitrogen and oxygen atoms in total. The van der Waals surface area contributed by atoms with Crippen LogP contribution in [0, 0.1) is 0 Å². The molecule has 0 unspecified atom stereocenters. The summed E-state index contributed by atoms with van der Waals surface area (Å²) in [5, 5.41) is 3.59. The summed E-state index contributed by atoms with van der Waals surface area (Å²) in [6, 6.07) is 8.22. The normalized spacial score (nSPS) is 16.7. The molecule has 1 saturated carbocycles. The van der Waals surface area contributed by atoms with Crippen molar-refractivity contribution in [2.75, 3.05) is 19.4 Å². The van der Waals surface area contributed by atoms with E-state index in [1.165, 1.54) is 24.8 Å². The number of hydrogen-bond donors (Lipinski definition) is 1. The van der Waals surface area contributed by atoms with Crippen LogP contribution in [0.5, 0.6) is 5.75 Å². The van der Waals surface area contributed by atoms with Crippen molar-refractivity contribution in [2.45, 2.75) is 30.6 Å². The van der Waals surface area contributed by atoms with Crippen molar-refractivity contribution in [3.8, 4) is 5.75 Å². The summed E-state index contributed by atoms with van der Waals surface area (Å²) in [5.74, 6) is 0.960. The standard InChI is InChI=1S/C16H23NOS/c1-3-11-18-15-8-5-4-7-14(15)12-17-13-16(19-2)9-6-10-16/h3-5,7-8,17H,1,6,9-13H2,2H3. The van der Waals surface area contributed by atoms with Gasteiger partial charge in [-0.2, -0.15) is 11.8 Å². The highest BCUT2D eigenvalue weighted by molar-refractivity contribution is 8.00. The predicted molar refractivity (Wildman–Crippen MR) is 83.9 cm³/mol. The third-order valence-corrected chi connectivity index (χ3v) is 5.21. The Morgan fingerprint density at radius 1 is 1.42 bits per heavy atom. The van der Waals surface area contributed by atoms with E-state index in [9.17, 15) is 0 Å². The number of ether oxygens (including phenoxy) is 1. The topological polar surface area (TPSA) is 21.3 Å². The SMILES string of the molecule is C=CCOc1ccccc1CNCC1(SC)CCC1. The summed E-state index contributed by atoms with van der Waals surface area (Å²) in [6.45, 7) is 6.21. The molecule has 1 fully saturated rings. The van der Waals surface area contributed by atoms with Gasteiger partial charge in [0.15, 0.2) is 0 Å². The molecule has 0 aromatic heterocycles. The van der Waals surface area contributed by atoms with Gasteiger partial charge >= 0.3 is 0 Å². The van der Waals surface area contributed by atoms with E-state index in [1.54, 1.807) is 6.08 Å². The Kier molecular flexibility index (Phi) is 5.34. The molecule has 1 aromatic rings. The summed E-state index contributed by atoms with van der Waals surface area (Å²) in [5.41, 5.74) is 1.22. The molecule has 1 aromatic carbocycles. The van der Waals surface area contributed by atoms with Gasteiger partial charge in [-0.05, 0) is 25.2 Å². The Morgan fingerprint density at radius 2 is 2.21 bits per heavy atom. The summed E-state index contributed by atoms with van der Waals surface area (Å²) in [6.07, 6.45) is 8.07. The van der Waals surface area contributed by atoms with E-state index in [4.69, 9.17) is 4.74 Å². The molecule has 2 rings (SSSR count). The number of rotatable bonds is 8. The van der Waals surface area contributed by atoms with Crippen molar-refractivity contribution in [3.05, 3.63) is 42.5 Å². The first-order valence-electron chi connectivity index (χ1n) is 6.87. The second-order valence-electron chi connectivity index (χ2n) is 5.05. The minimum atomic E-state index is 0.483. The Balaban J connectivity index is 1.86. The van der Waals surface area contributed by atoms with E-state index in [1.807, 2.05) is 23.9 Å². The number of benzene rings is 1. The molecule has 0 saturated heterocycles. The Morgan fingerprint density at radius 3 is 2.84 bits per heavy atom. The second-order valence-corrected chi connectivity index (χ2v) is 6.33. The molecule has 0 radical (unpaired) electrons. The van der Waals surface area contributed by atoms with Crippen LogP contribution < -0.4 is 10.1 Å². The lowest BCUT2D eigenvalue weighted by atomic mass is 9.84. The van der Waals surface area contributed by atoms with Gasteiger partial charge in [0.05, 0.1) is 0 Å². The maximum atomic E-state index is 5.67. The zero-order valence-electron chi connectivity index (χ0n) is 11.7. The molecule has 0 spiro atoms. The van der Waals surface area contributed by atoms with Crippen LogP contribution in [-0.2, 0) is 6.54 Å². The first-order valence-corrected chi connectivity index (χ1v) is 8.10. The number of hydrogen-bond acceptors (Lipinski definition) is 3. The van der Waals surface area contributed by atoms with Crippen molar-refractivity contribution in [1.29, 1.82) is 0 Å². The molecule has 1 N–H and O–H groups in total. The van der Waals surface area contributed by atoms with Gasteiger partial charge in [-0.1, -0.05) is 37.3 Å². The molecular weight excluding hydrogens is 254 g/mol. The first kappa shape index (κ1) is 14.5. The van der Waals surface area contributed by atoms with Gasteiger partial charge in [-0.3, -0.25) is 0 Å². The molecule has 104 valence electrons. The highest BCUT2D eigenvalue weighted by Gasteiger charge is 2.35. The quantitative estimate of drug-likeness (QED) is 0.733. The minimum absolute atomic E-state index is 0.483. The van der Waals surface area contributed by atoms with Crippen LogP contribution in [0.1, 0.15) is 24.8 Å². The number of thioether (sulfide) groups is 1. The highest BCUT2D eigenvalue weighted by Crippen LogP contribution is 2.42. The lowest BCUT2D eigenvalue weighted by molar-refractivity contribution is 0.339. The average molecular weight is 277 g/mol. The lowest BCUT2D eigenvalue weighted by Crippen LogP contribution is -2.43. The molecule has 0 heterocycles. The lowest BCUT2D eigenvalue weighted by Gasteiger charge is -2.40. The summed E-state index contributed by atoms with van der Waals surface area (Å²) < 4.78 is 6.16. The fourth-order valence-electron chi connectivity index (χ4n) is 2.39. The van der Waals surface area contributed by atoms with Crippen molar-refractivity contribution in [2.24, 2.45) is 0 Å². The van der Waals surface area contributed by atoms with Crippen LogP contribution >= 0.6 is 11.8 Å². The smallest absolute Gasteiger partial charge is 0.124 e. The van der Waals surface area contributed by atoms with Gasteiger partial charge in [0, 0.05) is 23.4 Å². The van der Waals surface area contributed by atoms with Crippen molar-refractivity contribution in [1.82, 2.24) is 5.32 Å². The van der Waals surface area contributed by atoms with Crippen LogP contribution in [0.2, 0.25) is 0 Å². The molecule has 0 amide bonds. The van der Waals surface area contributed by atoms with Gasteiger partial charge in [-0.25, -0.2) is 0 Å². The van der Waals surface area contributed by atoms with E-state index < -0.39 is 0 Å². The largest absolute Gasteiger partial charge is 0.489 e. The predicted octanol–water partition coefficient (Wildman–Crippen LogP) is 3.63. The maximum absolute atomic E-state index is 5.67. The zero-order chi connectivity index (χ0) is 13.6. The van der Waals surface area contributed by atoms with E-state index in [2.05, 4.69) is 30.3 Å². The van der Waals surface area contributed by atoms with Gasteiger partial charge in [-0.15, -0.1) is 0 Å². The third kappa shape index (κ3) is 3.77. The van der Waals surface area contributed by atoms with Crippen molar-refractivity contribution < 1.29 is 4.74 Å². The monoisotopic (exact) mass is 277 g/mol. The zero-order valence-corrected chi connectivity index (χ0v) is 12.5. The molecule has 1 aliphatic rings. The summed E-state index contributed by atoms with van der Waals surface area (Å²) in [7, 11) is 0. The van der Waals surface area contributed by atoms with Crippen molar-refractivity contribution >= 4 is 11.8 Å². The second kappa shape index (κ2) is 7.01. The van der Waals surface area contributed by atoms with E-state index in [0.29, 0.717) is 11.4 Å². The molecule has 3 heteroatoms. The summed E-state index contributed by atoms with van der Waals surface area (Å²) >= 11 is 2.01. The van der Waals surface area contributed by atoms with Gasteiger partial charge in [0.2, 0.25) is 0 Å². The maximum Gasteiger partial charge on any atom is 0.124 e. The van der Waals surface area contributed by atoms with E-state index in [-0.39, 0.29) is 0 Å². The Labute approximate surface area is 120 Å². The van der Waals surface area contributed by atoms with Crippen LogP contribution in [0.25, 0.3) is 0 Å². The molecule has 0 bridgehead atoms. The minimum Gasteiger partial charge on any atom is -0.489 e. The molecular formula is C16H23NOS. The highest BCUT2D eigenvalue weighted by atomic mass is 32.2. The van der Waals surface area contributed by atoms with E-state index in [0.717, 1.165) is 18.8 Å². The van der Waals surface area contributed by atoms with E-state index >= 15 is 0 Å². The van der Waals surface area contributed by atoms with Crippen LogP contribution in [-0.4, -0.2) is 24.2 Å². The molecule has 0 atom stereocenters. The molecule has 0 aliphatic heterocycles. The van der Waals surface area contributed by atoms with Crippen molar-refractivity contribution in [3.63, 3.8) is 0 Å². The van der Waals surface area contributed by atoms with Gasteiger partial charge < -0.3 is 10.1 Å². The Bertz CT molecular complexity index is 409. The summed E-state index contributed by atoms with van der Waals surface area (Å²) in [4.78, 5) is 0. The number of nitrogens with one attached hydrogen (secondary N) is 1. The van der Waals surface area contributed by atoms with Crippen LogP contribution in [0.3, 0.4) is 0 Å². The Hall–Kier alpha value is -0.930. The number of para-hydroxylation sites is 1. The first-order chi connectivity index (χ1) is 9.29. The molecule has 1 aliphatic carbocycles.